The highest BCUT2D eigenvalue weighted by atomic mass is 79.9. The Hall–Kier alpha value is -4.71. The number of carboxylic acids is 1. The Morgan fingerprint density at radius 3 is 2.66 bits per heavy atom. The lowest BCUT2D eigenvalue weighted by atomic mass is 10.1. The molecule has 1 heterocycles. The number of amides is 1. The number of nitrogens with zero attached hydrogens (tertiary/aromatic N) is 2. The third-order valence-corrected chi connectivity index (χ3v) is 5.92. The highest BCUT2D eigenvalue weighted by Crippen LogP contribution is 2.34. The lowest BCUT2D eigenvalue weighted by Crippen LogP contribution is -2.16. The first-order chi connectivity index (χ1) is 18.2. The van der Waals surface area contributed by atoms with Crippen molar-refractivity contribution in [2.24, 2.45) is 5.10 Å². The van der Waals surface area contributed by atoms with Crippen LogP contribution in [0.4, 0.5) is 5.69 Å². The number of benzene rings is 3. The molecule has 4 aromatic rings. The largest absolute Gasteiger partial charge is 0.490 e. The molecule has 4 rings (SSSR count). The number of hydrogen-bond donors (Lipinski definition) is 2. The topological polar surface area (TPSA) is 154 Å². The molecule has 2 N–H and O–H groups in total. The summed E-state index contributed by atoms with van der Waals surface area (Å²) < 4.78 is 17.6. The van der Waals surface area contributed by atoms with Gasteiger partial charge in [0.25, 0.3) is 5.69 Å². The maximum Gasteiger partial charge on any atom is 0.335 e. The van der Waals surface area contributed by atoms with Gasteiger partial charge < -0.3 is 19.0 Å². The fraction of sp³-hybridized carbons (Fsp3) is 0.115. The first kappa shape index (κ1) is 26.4. The van der Waals surface area contributed by atoms with Crippen molar-refractivity contribution in [3.8, 4) is 11.5 Å². The van der Waals surface area contributed by atoms with E-state index in [4.69, 9.17) is 13.9 Å². The summed E-state index contributed by atoms with van der Waals surface area (Å²) in [7, 11) is 0. The molecule has 12 heteroatoms. The van der Waals surface area contributed by atoms with Crippen LogP contribution in [0.3, 0.4) is 0 Å². The zero-order valence-corrected chi connectivity index (χ0v) is 21.4. The molecule has 3 aromatic carbocycles. The van der Waals surface area contributed by atoms with E-state index in [-0.39, 0.29) is 23.6 Å². The number of nitrogens with one attached hydrogen (secondary N) is 1. The van der Waals surface area contributed by atoms with Crippen LogP contribution >= 0.6 is 15.9 Å². The average Bonchev–Trinajstić information content (AvgIpc) is 3.33. The Morgan fingerprint density at radius 2 is 1.92 bits per heavy atom. The summed E-state index contributed by atoms with van der Waals surface area (Å²) in [6.45, 7) is 2.31. The van der Waals surface area contributed by atoms with E-state index in [9.17, 15) is 24.8 Å². The van der Waals surface area contributed by atoms with Crippen molar-refractivity contribution in [2.45, 2.75) is 13.5 Å². The van der Waals surface area contributed by atoms with Crippen LogP contribution in [0, 0.1) is 10.1 Å². The predicted molar refractivity (Wildman–Crippen MR) is 141 cm³/mol. The van der Waals surface area contributed by atoms with Crippen molar-refractivity contribution in [3.05, 3.63) is 97.7 Å². The van der Waals surface area contributed by atoms with E-state index in [2.05, 4.69) is 26.5 Å². The van der Waals surface area contributed by atoms with Crippen molar-refractivity contribution in [1.29, 1.82) is 0 Å². The summed E-state index contributed by atoms with van der Waals surface area (Å²) >= 11 is 3.45. The second kappa shape index (κ2) is 11.6. The first-order valence-corrected chi connectivity index (χ1v) is 12.0. The van der Waals surface area contributed by atoms with Gasteiger partial charge in [0.15, 0.2) is 17.3 Å². The zero-order valence-electron chi connectivity index (χ0n) is 19.8. The number of hydrazone groups is 1. The fourth-order valence-corrected chi connectivity index (χ4v) is 3.88. The number of nitro groups is 1. The van der Waals surface area contributed by atoms with Gasteiger partial charge in [-0.15, -0.1) is 0 Å². The summed E-state index contributed by atoms with van der Waals surface area (Å²) in [5, 5.41) is 24.5. The van der Waals surface area contributed by atoms with Crippen molar-refractivity contribution in [1.82, 2.24) is 5.43 Å². The van der Waals surface area contributed by atoms with E-state index in [0.29, 0.717) is 44.7 Å². The van der Waals surface area contributed by atoms with Crippen LogP contribution < -0.4 is 14.9 Å². The minimum absolute atomic E-state index is 0.0533. The van der Waals surface area contributed by atoms with Crippen LogP contribution in [-0.2, 0) is 6.61 Å². The van der Waals surface area contributed by atoms with E-state index in [1.54, 1.807) is 24.3 Å². The number of fused-ring (bicyclic) bond motifs is 1. The zero-order chi connectivity index (χ0) is 27.2. The first-order valence-electron chi connectivity index (χ1n) is 11.2. The third kappa shape index (κ3) is 6.16. The number of furan rings is 1. The predicted octanol–water partition coefficient (Wildman–Crippen LogP) is 5.54. The summed E-state index contributed by atoms with van der Waals surface area (Å²) in [6, 6.07) is 15.2. The monoisotopic (exact) mass is 581 g/mol. The molecule has 194 valence electrons. The average molecular weight is 582 g/mol. The van der Waals surface area contributed by atoms with Gasteiger partial charge in [-0.3, -0.25) is 14.9 Å². The van der Waals surface area contributed by atoms with Crippen molar-refractivity contribution in [2.75, 3.05) is 6.61 Å². The van der Waals surface area contributed by atoms with E-state index in [0.717, 1.165) is 0 Å². The quantitative estimate of drug-likeness (QED) is 0.140. The number of carboxylic acid groups (broad SMARTS) is 1. The van der Waals surface area contributed by atoms with Crippen LogP contribution in [-0.4, -0.2) is 34.7 Å². The smallest absolute Gasteiger partial charge is 0.335 e. The highest BCUT2D eigenvalue weighted by Gasteiger charge is 2.15. The lowest BCUT2D eigenvalue weighted by Gasteiger charge is -2.14. The second-order valence-electron chi connectivity index (χ2n) is 7.84. The van der Waals surface area contributed by atoms with Gasteiger partial charge in [-0.2, -0.15) is 5.10 Å². The molecule has 0 saturated heterocycles. The molecule has 1 aromatic heterocycles. The van der Waals surface area contributed by atoms with E-state index in [1.807, 2.05) is 6.92 Å². The molecule has 0 unspecified atom stereocenters. The summed E-state index contributed by atoms with van der Waals surface area (Å²) in [6.07, 6.45) is 1.40. The molecular formula is C26H20BrN3O8. The number of hydrogen-bond acceptors (Lipinski definition) is 8. The van der Waals surface area contributed by atoms with Crippen molar-refractivity contribution >= 4 is 50.7 Å². The molecule has 38 heavy (non-hydrogen) atoms. The van der Waals surface area contributed by atoms with Crippen LogP contribution in [0.15, 0.2) is 74.7 Å². The molecule has 0 radical (unpaired) electrons. The van der Waals surface area contributed by atoms with Gasteiger partial charge in [0.1, 0.15) is 12.2 Å². The van der Waals surface area contributed by atoms with Crippen LogP contribution in [0.25, 0.3) is 11.0 Å². The van der Waals surface area contributed by atoms with Gasteiger partial charge in [-0.1, -0.05) is 12.1 Å². The van der Waals surface area contributed by atoms with Gasteiger partial charge in [0.2, 0.25) is 0 Å². The van der Waals surface area contributed by atoms with Crippen molar-refractivity contribution in [3.63, 3.8) is 0 Å². The maximum atomic E-state index is 12.5. The molecule has 0 atom stereocenters. The van der Waals surface area contributed by atoms with Gasteiger partial charge in [0.05, 0.1) is 23.3 Å². The van der Waals surface area contributed by atoms with Crippen LogP contribution in [0.5, 0.6) is 11.5 Å². The van der Waals surface area contributed by atoms with Gasteiger partial charge in [-0.05, 0) is 64.8 Å². The molecule has 1 amide bonds. The number of ether oxygens (including phenoxy) is 2. The summed E-state index contributed by atoms with van der Waals surface area (Å²) in [4.78, 5) is 34.1. The standard InChI is InChI=1S/C26H20BrN3O8/c1-2-36-22-11-18(20(27)12-23(22)37-14-15-4-3-5-16(8-15)26(32)33)13-28-29-25(31)24-10-17-9-19(30(34)35)6-7-21(17)38-24/h3-13H,2,14H2,1H3,(H,29,31)(H,32,33)/b28-13+. The summed E-state index contributed by atoms with van der Waals surface area (Å²) in [5.41, 5.74) is 4.00. The SMILES string of the molecule is CCOc1cc(/C=N/NC(=O)c2cc3cc([N+](=O)[O-])ccc3o2)c(Br)cc1OCc1cccc(C(=O)O)c1. The molecule has 0 fully saturated rings. The van der Waals surface area contributed by atoms with Gasteiger partial charge in [0, 0.05) is 27.6 Å². The van der Waals surface area contributed by atoms with E-state index < -0.39 is 16.8 Å². The maximum absolute atomic E-state index is 12.5. The number of non-ortho nitro benzene ring substituents is 1. The molecule has 11 nitrogen and oxygen atoms in total. The minimum atomic E-state index is -1.02. The Kier molecular flexibility index (Phi) is 8.02. The second-order valence-corrected chi connectivity index (χ2v) is 8.69. The third-order valence-electron chi connectivity index (χ3n) is 5.24. The lowest BCUT2D eigenvalue weighted by molar-refractivity contribution is -0.384. The molecule has 0 aliphatic heterocycles. The number of aromatic carboxylic acids is 1. The molecule has 0 spiro atoms. The Balaban J connectivity index is 1.46. The number of carbonyl (C=O) groups is 2. The molecule has 0 aliphatic carbocycles. The fourth-order valence-electron chi connectivity index (χ4n) is 3.46. The van der Waals surface area contributed by atoms with Crippen LogP contribution in [0.2, 0.25) is 0 Å². The molecular weight excluding hydrogens is 562 g/mol. The normalized spacial score (nSPS) is 11.0. The van der Waals surface area contributed by atoms with Crippen molar-refractivity contribution < 1.29 is 33.5 Å². The van der Waals surface area contributed by atoms with E-state index in [1.165, 1.54) is 42.6 Å². The van der Waals surface area contributed by atoms with E-state index >= 15 is 0 Å². The van der Waals surface area contributed by atoms with Gasteiger partial charge >= 0.3 is 11.9 Å². The highest BCUT2D eigenvalue weighted by molar-refractivity contribution is 9.10. The number of carbonyl (C=O) groups excluding carboxylic acids is 1. The molecule has 0 saturated carbocycles. The molecule has 0 aliphatic rings. The van der Waals surface area contributed by atoms with Gasteiger partial charge in [-0.25, -0.2) is 10.2 Å². The number of rotatable bonds is 10. The Morgan fingerprint density at radius 1 is 1.13 bits per heavy atom. The van der Waals surface area contributed by atoms with Crippen LogP contribution in [0.1, 0.15) is 39.0 Å². The molecule has 0 bridgehead atoms. The number of nitro benzene ring substituents is 1. The Bertz CT molecular complexity index is 1560. The Labute approximate surface area is 223 Å². The summed E-state index contributed by atoms with van der Waals surface area (Å²) in [5.74, 6) is -0.856. The minimum Gasteiger partial charge on any atom is -0.490 e. The number of halogens is 1.